The molecule has 1 fully saturated rings. The molecule has 0 aromatic carbocycles. The Morgan fingerprint density at radius 3 is 2.76 bits per heavy atom. The van der Waals surface area contributed by atoms with Crippen molar-refractivity contribution in [3.63, 3.8) is 0 Å². The monoisotopic (exact) mass is 292 g/mol. The first-order valence-corrected chi connectivity index (χ1v) is 8.33. The van der Waals surface area contributed by atoms with Crippen molar-refractivity contribution in [2.45, 2.75) is 64.5 Å². The van der Waals surface area contributed by atoms with Crippen LogP contribution < -0.4 is 5.32 Å². The Morgan fingerprint density at radius 2 is 2.10 bits per heavy atom. The molecule has 4 nitrogen and oxygen atoms in total. The van der Waals surface area contributed by atoms with Crippen LogP contribution in [0.25, 0.3) is 0 Å². The zero-order valence-corrected chi connectivity index (χ0v) is 14.4. The summed E-state index contributed by atoms with van der Waals surface area (Å²) in [5.41, 5.74) is 2.77. The molecule has 0 bridgehead atoms. The van der Waals surface area contributed by atoms with E-state index in [1.165, 1.54) is 43.5 Å². The van der Waals surface area contributed by atoms with Gasteiger partial charge in [-0.05, 0) is 39.4 Å². The summed E-state index contributed by atoms with van der Waals surface area (Å²) < 4.78 is 1.97. The van der Waals surface area contributed by atoms with Crippen LogP contribution in [0, 0.1) is 0 Å². The van der Waals surface area contributed by atoms with Crippen molar-refractivity contribution >= 4 is 0 Å². The van der Waals surface area contributed by atoms with Gasteiger partial charge in [0.15, 0.2) is 0 Å². The van der Waals surface area contributed by atoms with Gasteiger partial charge < -0.3 is 5.32 Å². The quantitative estimate of drug-likeness (QED) is 0.906. The Hall–Kier alpha value is -0.870. The summed E-state index contributed by atoms with van der Waals surface area (Å²) in [7, 11) is 4.08. The normalized spacial score (nSPS) is 20.9. The number of hydrogen-bond donors (Lipinski definition) is 1. The molecule has 1 aliphatic heterocycles. The Labute approximate surface area is 129 Å². The van der Waals surface area contributed by atoms with E-state index in [1.807, 2.05) is 18.8 Å². The van der Waals surface area contributed by atoms with Gasteiger partial charge in [0.1, 0.15) is 0 Å². The van der Waals surface area contributed by atoms with Gasteiger partial charge >= 0.3 is 0 Å². The summed E-state index contributed by atoms with van der Waals surface area (Å²) in [5, 5.41) is 8.01. The zero-order chi connectivity index (χ0) is 15.5. The number of rotatable bonds is 5. The second kappa shape index (κ2) is 6.93. The second-order valence-electron chi connectivity index (χ2n) is 7.44. The van der Waals surface area contributed by atoms with Crippen molar-refractivity contribution in [3.8, 4) is 0 Å². The lowest BCUT2D eigenvalue weighted by Crippen LogP contribution is -2.40. The summed E-state index contributed by atoms with van der Waals surface area (Å²) in [5.74, 6) is 0. The lowest BCUT2D eigenvalue weighted by molar-refractivity contribution is 0.132. The van der Waals surface area contributed by atoms with E-state index < -0.39 is 0 Å². The van der Waals surface area contributed by atoms with Crippen molar-refractivity contribution < 1.29 is 0 Å². The highest BCUT2D eigenvalue weighted by Crippen LogP contribution is 2.28. The minimum absolute atomic E-state index is 0.118. The molecule has 0 saturated carbocycles. The number of nitrogens with one attached hydrogen (secondary N) is 1. The predicted molar refractivity (Wildman–Crippen MR) is 88.5 cm³/mol. The second-order valence-corrected chi connectivity index (χ2v) is 7.44. The average Bonchev–Trinajstić information content (AvgIpc) is 2.79. The summed E-state index contributed by atoms with van der Waals surface area (Å²) >= 11 is 0. The smallest absolute Gasteiger partial charge is 0.0722 e. The third-order valence-corrected chi connectivity index (χ3v) is 4.47. The Kier molecular flexibility index (Phi) is 5.44. The Morgan fingerprint density at radius 1 is 1.33 bits per heavy atom. The van der Waals surface area contributed by atoms with Crippen LogP contribution >= 0.6 is 0 Å². The lowest BCUT2D eigenvalue weighted by atomic mass is 9.89. The van der Waals surface area contributed by atoms with E-state index in [0.717, 1.165) is 19.1 Å². The molecule has 2 heterocycles. The molecule has 1 unspecified atom stereocenters. The van der Waals surface area contributed by atoms with Gasteiger partial charge in [-0.3, -0.25) is 9.58 Å². The van der Waals surface area contributed by atoms with Crippen LogP contribution in [0.3, 0.4) is 0 Å². The minimum atomic E-state index is 0.118. The lowest BCUT2D eigenvalue weighted by Gasteiger charge is -2.36. The summed E-state index contributed by atoms with van der Waals surface area (Å²) in [4.78, 5) is 2.67. The fourth-order valence-corrected chi connectivity index (χ4v) is 3.41. The molecule has 0 radical (unpaired) electrons. The van der Waals surface area contributed by atoms with Gasteiger partial charge in [0.25, 0.3) is 0 Å². The highest BCUT2D eigenvalue weighted by Gasteiger charge is 2.26. The third kappa shape index (κ3) is 4.30. The molecule has 1 N–H and O–H groups in total. The van der Waals surface area contributed by atoms with Gasteiger partial charge in [0, 0.05) is 36.8 Å². The van der Waals surface area contributed by atoms with Crippen molar-refractivity contribution in [2.24, 2.45) is 7.05 Å². The van der Waals surface area contributed by atoms with E-state index >= 15 is 0 Å². The van der Waals surface area contributed by atoms with Crippen LogP contribution in [0.15, 0.2) is 6.20 Å². The van der Waals surface area contributed by atoms with Crippen molar-refractivity contribution in [3.05, 3.63) is 17.5 Å². The number of hydrogen-bond acceptors (Lipinski definition) is 3. The molecule has 0 spiro atoms. The Balaban J connectivity index is 2.12. The van der Waals surface area contributed by atoms with Gasteiger partial charge in [-0.2, -0.15) is 5.10 Å². The molecule has 0 aliphatic carbocycles. The molecule has 1 aromatic rings. The molecule has 1 aromatic heterocycles. The van der Waals surface area contributed by atoms with Crippen molar-refractivity contribution in [1.82, 2.24) is 20.0 Å². The van der Waals surface area contributed by atoms with E-state index in [0.29, 0.717) is 0 Å². The standard InChI is InChI=1S/C17H32N4/c1-17(2,3)16-14(12-20(5)19-16)13-21-11-7-6-8-15(21)9-10-18-4/h12,15,18H,6-11,13H2,1-5H3. The van der Waals surface area contributed by atoms with E-state index in [-0.39, 0.29) is 5.41 Å². The average molecular weight is 292 g/mol. The van der Waals surface area contributed by atoms with Gasteiger partial charge in [-0.1, -0.05) is 27.2 Å². The van der Waals surface area contributed by atoms with Gasteiger partial charge in [-0.25, -0.2) is 0 Å². The zero-order valence-electron chi connectivity index (χ0n) is 14.4. The number of aryl methyl sites for hydroxylation is 1. The maximum Gasteiger partial charge on any atom is 0.0722 e. The molecule has 2 rings (SSSR count). The molecule has 21 heavy (non-hydrogen) atoms. The van der Waals surface area contributed by atoms with Crippen LogP contribution in [0.2, 0.25) is 0 Å². The number of nitrogens with zero attached hydrogens (tertiary/aromatic N) is 3. The molecule has 4 heteroatoms. The maximum atomic E-state index is 4.71. The first-order valence-electron chi connectivity index (χ1n) is 8.33. The first-order chi connectivity index (χ1) is 9.91. The van der Waals surface area contributed by atoms with Crippen LogP contribution in [-0.4, -0.2) is 40.9 Å². The number of aromatic nitrogens is 2. The summed E-state index contributed by atoms with van der Waals surface area (Å²) in [6.07, 6.45) is 7.52. The fourth-order valence-electron chi connectivity index (χ4n) is 3.41. The molecular formula is C17H32N4. The highest BCUT2D eigenvalue weighted by atomic mass is 15.3. The molecular weight excluding hydrogens is 260 g/mol. The van der Waals surface area contributed by atoms with E-state index in [1.54, 1.807) is 0 Å². The van der Waals surface area contributed by atoms with E-state index in [2.05, 4.69) is 37.2 Å². The topological polar surface area (TPSA) is 33.1 Å². The first kappa shape index (κ1) is 16.5. The Bertz CT molecular complexity index is 444. The molecule has 120 valence electrons. The van der Waals surface area contributed by atoms with Crippen LogP contribution in [0.5, 0.6) is 0 Å². The van der Waals surface area contributed by atoms with E-state index in [9.17, 15) is 0 Å². The van der Waals surface area contributed by atoms with Gasteiger partial charge in [0.2, 0.25) is 0 Å². The maximum absolute atomic E-state index is 4.71. The van der Waals surface area contributed by atoms with Gasteiger partial charge in [-0.15, -0.1) is 0 Å². The van der Waals surface area contributed by atoms with Gasteiger partial charge in [0.05, 0.1) is 5.69 Å². The number of piperidine rings is 1. The molecule has 1 atom stereocenters. The SMILES string of the molecule is CNCCC1CCCCN1Cc1cn(C)nc1C(C)(C)C. The molecule has 1 saturated heterocycles. The highest BCUT2D eigenvalue weighted by molar-refractivity contribution is 5.24. The summed E-state index contributed by atoms with van der Waals surface area (Å²) in [6.45, 7) is 10.2. The van der Waals surface area contributed by atoms with E-state index in [4.69, 9.17) is 5.10 Å². The molecule has 1 aliphatic rings. The summed E-state index contributed by atoms with van der Waals surface area (Å²) in [6, 6.07) is 0.722. The van der Waals surface area contributed by atoms with Crippen LogP contribution in [-0.2, 0) is 19.0 Å². The molecule has 0 amide bonds. The number of likely N-dealkylation sites (tertiary alicyclic amines) is 1. The predicted octanol–water partition coefficient (Wildman–Crippen LogP) is 2.68. The van der Waals surface area contributed by atoms with Crippen LogP contribution in [0.1, 0.15) is 57.7 Å². The van der Waals surface area contributed by atoms with Crippen LogP contribution in [0.4, 0.5) is 0 Å². The fraction of sp³-hybridized carbons (Fsp3) is 0.824. The van der Waals surface area contributed by atoms with Crippen molar-refractivity contribution in [2.75, 3.05) is 20.1 Å². The third-order valence-electron chi connectivity index (χ3n) is 4.47. The largest absolute Gasteiger partial charge is 0.320 e. The van der Waals surface area contributed by atoms with Crippen molar-refractivity contribution in [1.29, 1.82) is 0 Å². The minimum Gasteiger partial charge on any atom is -0.320 e.